The SMILES string of the molecule is COc1ccccc1C1C2(C)OC(=N)C1(C#N)C(C#N)(C#N)C(c1cc3c(cc1[N+](=O)[O-])OCO3)O2. The molecule has 0 aliphatic carbocycles. The van der Waals surface area contributed by atoms with Crippen LogP contribution in [0.2, 0.25) is 0 Å². The lowest BCUT2D eigenvalue weighted by Crippen LogP contribution is -2.57. The molecule has 2 fully saturated rings. The van der Waals surface area contributed by atoms with Gasteiger partial charge < -0.3 is 23.7 Å². The van der Waals surface area contributed by atoms with Crippen molar-refractivity contribution in [2.75, 3.05) is 13.9 Å². The second-order valence-corrected chi connectivity index (χ2v) is 8.59. The van der Waals surface area contributed by atoms with Gasteiger partial charge in [0.1, 0.15) is 11.9 Å². The van der Waals surface area contributed by atoms with Crippen molar-refractivity contribution in [2.45, 2.75) is 24.7 Å². The van der Waals surface area contributed by atoms with E-state index in [-0.39, 0.29) is 23.9 Å². The third-order valence-electron chi connectivity index (χ3n) is 6.97. The van der Waals surface area contributed by atoms with Crippen LogP contribution in [0.15, 0.2) is 36.4 Å². The molecule has 2 aromatic carbocycles. The quantitative estimate of drug-likeness (QED) is 0.494. The van der Waals surface area contributed by atoms with Crippen LogP contribution < -0.4 is 14.2 Å². The van der Waals surface area contributed by atoms with Crippen LogP contribution >= 0.6 is 0 Å². The molecule has 12 heteroatoms. The molecule has 12 nitrogen and oxygen atoms in total. The highest BCUT2D eigenvalue weighted by Gasteiger charge is 2.80. The number of benzene rings is 2. The summed E-state index contributed by atoms with van der Waals surface area (Å²) in [6.07, 6.45) is -1.67. The Morgan fingerprint density at radius 3 is 2.39 bits per heavy atom. The summed E-state index contributed by atoms with van der Waals surface area (Å²) in [4.78, 5) is 11.3. The van der Waals surface area contributed by atoms with Crippen LogP contribution in [0.25, 0.3) is 0 Å². The predicted octanol–water partition coefficient (Wildman–Crippen LogP) is 3.45. The Morgan fingerprint density at radius 1 is 1.11 bits per heavy atom. The summed E-state index contributed by atoms with van der Waals surface area (Å²) in [5.74, 6) is -3.00. The third-order valence-corrected chi connectivity index (χ3v) is 6.97. The van der Waals surface area contributed by atoms with E-state index in [0.717, 1.165) is 6.07 Å². The van der Waals surface area contributed by atoms with Gasteiger partial charge in [-0.15, -0.1) is 0 Å². The molecule has 0 spiro atoms. The van der Waals surface area contributed by atoms with E-state index in [0.29, 0.717) is 11.3 Å². The number of nitrogens with zero attached hydrogens (tertiary/aromatic N) is 4. The van der Waals surface area contributed by atoms with Gasteiger partial charge in [0.25, 0.3) is 5.69 Å². The number of hydrogen-bond acceptors (Lipinski definition) is 11. The first-order valence-corrected chi connectivity index (χ1v) is 10.6. The van der Waals surface area contributed by atoms with Crippen LogP contribution in [0.3, 0.4) is 0 Å². The zero-order valence-corrected chi connectivity index (χ0v) is 19.0. The Bertz CT molecular complexity index is 1440. The first kappa shape index (κ1) is 22.9. The molecule has 4 atom stereocenters. The van der Waals surface area contributed by atoms with Gasteiger partial charge in [0.05, 0.1) is 47.8 Å². The molecule has 1 N–H and O–H groups in total. The van der Waals surface area contributed by atoms with Gasteiger partial charge in [-0.25, -0.2) is 0 Å². The lowest BCUT2D eigenvalue weighted by atomic mass is 9.52. The first-order valence-electron chi connectivity index (χ1n) is 10.6. The molecule has 36 heavy (non-hydrogen) atoms. The zero-order chi connectivity index (χ0) is 25.9. The van der Waals surface area contributed by atoms with Crippen LogP contribution in [0.1, 0.15) is 30.1 Å². The molecular weight excluding hydrogens is 470 g/mol. The number of rotatable bonds is 4. The number of fused-ring (bicyclic) bond motifs is 3. The molecule has 0 amide bonds. The summed E-state index contributed by atoms with van der Waals surface area (Å²) in [5, 5.41) is 52.3. The number of nitriles is 3. The van der Waals surface area contributed by atoms with E-state index in [1.54, 1.807) is 24.3 Å². The molecule has 5 rings (SSSR count). The fourth-order valence-electron chi connectivity index (χ4n) is 5.45. The number of nitro benzene ring substituents is 1. The highest BCUT2D eigenvalue weighted by Crippen LogP contribution is 2.70. The maximum absolute atomic E-state index is 12.0. The van der Waals surface area contributed by atoms with Crippen LogP contribution in [0, 0.1) is 60.3 Å². The van der Waals surface area contributed by atoms with Crippen molar-refractivity contribution >= 4 is 11.6 Å². The molecule has 4 unspecified atom stereocenters. The van der Waals surface area contributed by atoms with Crippen molar-refractivity contribution in [3.63, 3.8) is 0 Å². The maximum Gasteiger partial charge on any atom is 0.279 e. The Labute approximate surface area is 204 Å². The van der Waals surface area contributed by atoms with E-state index < -0.39 is 45.1 Å². The summed E-state index contributed by atoms with van der Waals surface area (Å²) in [5.41, 5.74) is -4.97. The maximum atomic E-state index is 12.0. The van der Waals surface area contributed by atoms with Gasteiger partial charge in [0.15, 0.2) is 16.9 Å². The number of ether oxygens (including phenoxy) is 5. The van der Waals surface area contributed by atoms with Gasteiger partial charge in [-0.2, -0.15) is 15.8 Å². The summed E-state index contributed by atoms with van der Waals surface area (Å²) in [6, 6.07) is 14.8. The van der Waals surface area contributed by atoms with Crippen molar-refractivity contribution in [1.29, 1.82) is 21.2 Å². The van der Waals surface area contributed by atoms with Gasteiger partial charge in [0, 0.05) is 12.5 Å². The molecule has 3 heterocycles. The van der Waals surface area contributed by atoms with Crippen molar-refractivity contribution in [2.24, 2.45) is 10.8 Å². The molecule has 0 saturated carbocycles. The van der Waals surface area contributed by atoms with E-state index in [2.05, 4.69) is 0 Å². The third kappa shape index (κ3) is 2.60. The van der Waals surface area contributed by atoms with E-state index in [4.69, 9.17) is 29.1 Å². The smallest absolute Gasteiger partial charge is 0.279 e. The van der Waals surface area contributed by atoms with Crippen LogP contribution in [-0.4, -0.2) is 30.5 Å². The average molecular weight is 487 g/mol. The highest BCUT2D eigenvalue weighted by atomic mass is 16.7. The Kier molecular flexibility index (Phi) is 4.82. The lowest BCUT2D eigenvalue weighted by molar-refractivity contribution is -0.387. The Balaban J connectivity index is 1.83. The number of para-hydroxylation sites is 1. The Morgan fingerprint density at radius 2 is 1.78 bits per heavy atom. The normalized spacial score (nSPS) is 28.8. The van der Waals surface area contributed by atoms with Crippen molar-refractivity contribution in [3.05, 3.63) is 57.6 Å². The van der Waals surface area contributed by atoms with Gasteiger partial charge in [0.2, 0.25) is 23.9 Å². The minimum absolute atomic E-state index is 0.112. The molecule has 3 aliphatic heterocycles. The fourth-order valence-corrected chi connectivity index (χ4v) is 5.45. The minimum atomic E-state index is -2.45. The fraction of sp³-hybridized carbons (Fsp3) is 0.333. The van der Waals surface area contributed by atoms with E-state index in [1.165, 1.54) is 20.1 Å². The lowest BCUT2D eigenvalue weighted by Gasteiger charge is -2.48. The van der Waals surface area contributed by atoms with Gasteiger partial charge in [-0.1, -0.05) is 18.2 Å². The zero-order valence-electron chi connectivity index (χ0n) is 19.0. The number of hydrogen-bond donors (Lipinski definition) is 1. The molecular formula is C24H17N5O7. The van der Waals surface area contributed by atoms with Gasteiger partial charge in [-0.05, 0) is 12.1 Å². The molecule has 2 bridgehead atoms. The summed E-state index contributed by atoms with van der Waals surface area (Å²) < 4.78 is 28.1. The number of methoxy groups -OCH3 is 1. The highest BCUT2D eigenvalue weighted by molar-refractivity contribution is 5.91. The second-order valence-electron chi connectivity index (χ2n) is 8.59. The standard InChI is InChI=1S/C24H17N5O7/c1-22-19(13-5-3-4-6-16(13)32-2)24(11-27,21(28)36-22)23(9-25,10-26)20(35-22)14-7-17-18(34-12-33-17)8-15(14)29(30)31/h3-8,19-20,28H,12H2,1-2H3. The molecule has 2 saturated heterocycles. The van der Waals surface area contributed by atoms with Crippen molar-refractivity contribution in [1.82, 2.24) is 0 Å². The monoisotopic (exact) mass is 487 g/mol. The van der Waals surface area contributed by atoms with Gasteiger partial charge in [-0.3, -0.25) is 15.5 Å². The van der Waals surface area contributed by atoms with E-state index >= 15 is 0 Å². The largest absolute Gasteiger partial charge is 0.496 e. The summed E-state index contributed by atoms with van der Waals surface area (Å²) in [7, 11) is 1.42. The molecule has 3 aliphatic rings. The average Bonchev–Trinajstić information content (AvgIpc) is 3.41. The number of nitrogens with one attached hydrogen (secondary N) is 1. The molecule has 0 aromatic heterocycles. The van der Waals surface area contributed by atoms with E-state index in [9.17, 15) is 25.9 Å². The van der Waals surface area contributed by atoms with Gasteiger partial charge >= 0.3 is 0 Å². The van der Waals surface area contributed by atoms with Crippen LogP contribution in [0.4, 0.5) is 5.69 Å². The van der Waals surface area contributed by atoms with Crippen molar-refractivity contribution < 1.29 is 28.6 Å². The minimum Gasteiger partial charge on any atom is -0.496 e. The molecule has 0 radical (unpaired) electrons. The summed E-state index contributed by atoms with van der Waals surface area (Å²) in [6.45, 7) is 1.29. The topological polar surface area (TPSA) is 185 Å². The predicted molar refractivity (Wildman–Crippen MR) is 118 cm³/mol. The number of nitro groups is 1. The van der Waals surface area contributed by atoms with Crippen molar-refractivity contribution in [3.8, 4) is 35.5 Å². The van der Waals surface area contributed by atoms with Crippen LogP contribution in [-0.2, 0) is 9.47 Å². The van der Waals surface area contributed by atoms with E-state index in [1.807, 2.05) is 18.2 Å². The second kappa shape index (κ2) is 7.57. The Hall–Kier alpha value is -4.86. The molecule has 180 valence electrons. The molecule has 2 aromatic rings. The summed E-state index contributed by atoms with van der Waals surface area (Å²) >= 11 is 0. The van der Waals surface area contributed by atoms with Crippen LogP contribution in [0.5, 0.6) is 17.2 Å². The first-order chi connectivity index (χ1) is 17.2.